The number of imidazole rings is 1. The number of nitrogens with zero attached hydrogens (tertiary/aromatic N) is 1. The fourth-order valence-corrected chi connectivity index (χ4v) is 1.98. The van der Waals surface area contributed by atoms with Gasteiger partial charge in [0.05, 0.1) is 7.11 Å². The topological polar surface area (TPSA) is 49.9 Å². The van der Waals surface area contributed by atoms with Gasteiger partial charge in [0.25, 0.3) is 0 Å². The normalized spacial score (nSPS) is 11.7. The number of rotatable bonds is 4. The lowest BCUT2D eigenvalue weighted by molar-refractivity contribution is 0.412. The van der Waals surface area contributed by atoms with Crippen molar-refractivity contribution in [3.05, 3.63) is 35.7 Å². The summed E-state index contributed by atoms with van der Waals surface area (Å²) < 4.78 is 5.28. The Morgan fingerprint density at radius 1 is 1.30 bits per heavy atom. The standard InChI is InChI=1S/C16H23N3O/c1-11-8-12(6-7-14(11)20-5)15-17-9-13(19-15)10-18-16(2,3)4/h6-9,18H,10H2,1-5H3,(H,17,19). The molecule has 0 amide bonds. The number of hydrogen-bond acceptors (Lipinski definition) is 3. The van der Waals surface area contributed by atoms with Crippen LogP contribution in [0.5, 0.6) is 5.75 Å². The van der Waals surface area contributed by atoms with Crippen LogP contribution in [-0.2, 0) is 6.54 Å². The summed E-state index contributed by atoms with van der Waals surface area (Å²) in [5.74, 6) is 1.79. The SMILES string of the molecule is COc1ccc(-c2ncc(CNC(C)(C)C)[nH]2)cc1C. The van der Waals surface area contributed by atoms with Gasteiger partial charge in [-0.05, 0) is 51.5 Å². The fourth-order valence-electron chi connectivity index (χ4n) is 1.98. The van der Waals surface area contributed by atoms with Crippen LogP contribution in [0.25, 0.3) is 11.4 Å². The Kier molecular flexibility index (Phi) is 4.14. The maximum atomic E-state index is 5.28. The molecule has 0 saturated heterocycles. The molecule has 0 spiro atoms. The average molecular weight is 273 g/mol. The zero-order valence-electron chi connectivity index (χ0n) is 12.9. The monoisotopic (exact) mass is 273 g/mol. The van der Waals surface area contributed by atoms with Gasteiger partial charge in [-0.3, -0.25) is 0 Å². The van der Waals surface area contributed by atoms with Crippen LogP contribution in [0.2, 0.25) is 0 Å². The summed E-state index contributed by atoms with van der Waals surface area (Å²) in [6, 6.07) is 6.07. The third kappa shape index (κ3) is 3.61. The summed E-state index contributed by atoms with van der Waals surface area (Å²) in [4.78, 5) is 7.80. The quantitative estimate of drug-likeness (QED) is 0.898. The van der Waals surface area contributed by atoms with Gasteiger partial charge in [-0.15, -0.1) is 0 Å². The van der Waals surface area contributed by atoms with Crippen molar-refractivity contribution in [1.82, 2.24) is 15.3 Å². The van der Waals surface area contributed by atoms with E-state index >= 15 is 0 Å². The second-order valence-electron chi connectivity index (χ2n) is 6.04. The molecule has 2 N–H and O–H groups in total. The van der Waals surface area contributed by atoms with Gasteiger partial charge < -0.3 is 15.0 Å². The van der Waals surface area contributed by atoms with Crippen LogP contribution in [0.3, 0.4) is 0 Å². The number of aromatic amines is 1. The van der Waals surface area contributed by atoms with Gasteiger partial charge >= 0.3 is 0 Å². The van der Waals surface area contributed by atoms with Crippen molar-refractivity contribution in [3.63, 3.8) is 0 Å². The number of benzene rings is 1. The number of ether oxygens (including phenoxy) is 1. The highest BCUT2D eigenvalue weighted by Crippen LogP contribution is 2.24. The van der Waals surface area contributed by atoms with Crippen molar-refractivity contribution in [1.29, 1.82) is 0 Å². The van der Waals surface area contributed by atoms with E-state index < -0.39 is 0 Å². The second kappa shape index (κ2) is 5.67. The lowest BCUT2D eigenvalue weighted by Gasteiger charge is -2.19. The van der Waals surface area contributed by atoms with Crippen LogP contribution in [0, 0.1) is 6.92 Å². The number of aryl methyl sites for hydroxylation is 1. The van der Waals surface area contributed by atoms with Gasteiger partial charge in [-0.1, -0.05) is 0 Å². The maximum Gasteiger partial charge on any atom is 0.137 e. The molecule has 0 radical (unpaired) electrons. The first-order chi connectivity index (χ1) is 9.39. The Labute approximate surface area is 120 Å². The molecule has 0 saturated carbocycles. The molecule has 4 nitrogen and oxygen atoms in total. The van der Waals surface area contributed by atoms with Gasteiger partial charge in [-0.25, -0.2) is 4.98 Å². The Morgan fingerprint density at radius 2 is 2.05 bits per heavy atom. The molecule has 0 aliphatic heterocycles. The highest BCUT2D eigenvalue weighted by Gasteiger charge is 2.10. The molecule has 0 aliphatic rings. The number of methoxy groups -OCH3 is 1. The summed E-state index contributed by atoms with van der Waals surface area (Å²) in [7, 11) is 1.69. The fraction of sp³-hybridized carbons (Fsp3) is 0.438. The first-order valence-electron chi connectivity index (χ1n) is 6.83. The minimum absolute atomic E-state index is 0.0992. The summed E-state index contributed by atoms with van der Waals surface area (Å²) >= 11 is 0. The van der Waals surface area contributed by atoms with Gasteiger partial charge in [-0.2, -0.15) is 0 Å². The van der Waals surface area contributed by atoms with E-state index in [9.17, 15) is 0 Å². The number of H-pyrrole nitrogens is 1. The molecule has 0 fully saturated rings. The van der Waals surface area contributed by atoms with E-state index in [1.165, 1.54) is 0 Å². The van der Waals surface area contributed by atoms with Crippen molar-refractivity contribution < 1.29 is 4.74 Å². The largest absolute Gasteiger partial charge is 0.496 e. The molecule has 0 bridgehead atoms. The van der Waals surface area contributed by atoms with Crippen molar-refractivity contribution in [2.24, 2.45) is 0 Å². The lowest BCUT2D eigenvalue weighted by atomic mass is 10.1. The van der Waals surface area contributed by atoms with Gasteiger partial charge in [0.15, 0.2) is 0 Å². The van der Waals surface area contributed by atoms with Crippen LogP contribution in [0.15, 0.2) is 24.4 Å². The number of nitrogens with one attached hydrogen (secondary N) is 2. The van der Waals surface area contributed by atoms with Crippen molar-refractivity contribution in [2.75, 3.05) is 7.11 Å². The van der Waals surface area contributed by atoms with Gasteiger partial charge in [0.1, 0.15) is 11.6 Å². The van der Waals surface area contributed by atoms with Crippen LogP contribution in [0.1, 0.15) is 32.0 Å². The lowest BCUT2D eigenvalue weighted by Crippen LogP contribution is -2.35. The molecule has 1 heterocycles. The summed E-state index contributed by atoms with van der Waals surface area (Å²) in [5, 5.41) is 3.44. The molecule has 2 aromatic rings. The van der Waals surface area contributed by atoms with E-state index in [4.69, 9.17) is 4.74 Å². The van der Waals surface area contributed by atoms with E-state index in [2.05, 4.69) is 42.1 Å². The van der Waals surface area contributed by atoms with Gasteiger partial charge in [0, 0.05) is 29.5 Å². The molecular formula is C16H23N3O. The van der Waals surface area contributed by atoms with E-state index in [1.807, 2.05) is 25.3 Å². The minimum Gasteiger partial charge on any atom is -0.496 e. The van der Waals surface area contributed by atoms with Crippen LogP contribution >= 0.6 is 0 Å². The smallest absolute Gasteiger partial charge is 0.137 e. The van der Waals surface area contributed by atoms with Crippen molar-refractivity contribution >= 4 is 0 Å². The maximum absolute atomic E-state index is 5.28. The van der Waals surface area contributed by atoms with E-state index in [-0.39, 0.29) is 5.54 Å². The van der Waals surface area contributed by atoms with Crippen molar-refractivity contribution in [3.8, 4) is 17.1 Å². The zero-order chi connectivity index (χ0) is 14.8. The molecule has 1 aromatic heterocycles. The van der Waals surface area contributed by atoms with Crippen LogP contribution in [0.4, 0.5) is 0 Å². The highest BCUT2D eigenvalue weighted by atomic mass is 16.5. The second-order valence-corrected chi connectivity index (χ2v) is 6.04. The summed E-state index contributed by atoms with van der Waals surface area (Å²) in [5.41, 5.74) is 3.37. The Hall–Kier alpha value is -1.81. The van der Waals surface area contributed by atoms with E-state index in [1.54, 1.807) is 7.11 Å². The highest BCUT2D eigenvalue weighted by molar-refractivity contribution is 5.58. The first kappa shape index (κ1) is 14.6. The third-order valence-electron chi connectivity index (χ3n) is 3.11. The van der Waals surface area contributed by atoms with E-state index in [0.29, 0.717) is 0 Å². The van der Waals surface area contributed by atoms with Crippen LogP contribution in [-0.4, -0.2) is 22.6 Å². The summed E-state index contributed by atoms with van der Waals surface area (Å²) in [6.07, 6.45) is 1.88. The first-order valence-corrected chi connectivity index (χ1v) is 6.83. The number of aromatic nitrogens is 2. The molecule has 2 rings (SSSR count). The summed E-state index contributed by atoms with van der Waals surface area (Å²) in [6.45, 7) is 9.27. The zero-order valence-corrected chi connectivity index (χ0v) is 12.9. The molecule has 0 atom stereocenters. The third-order valence-corrected chi connectivity index (χ3v) is 3.11. The Morgan fingerprint density at radius 3 is 2.65 bits per heavy atom. The molecular weight excluding hydrogens is 250 g/mol. The molecule has 4 heteroatoms. The predicted molar refractivity (Wildman–Crippen MR) is 81.9 cm³/mol. The molecule has 0 unspecified atom stereocenters. The van der Waals surface area contributed by atoms with Crippen molar-refractivity contribution in [2.45, 2.75) is 39.8 Å². The molecule has 108 valence electrons. The Balaban J connectivity index is 2.14. The van der Waals surface area contributed by atoms with Crippen LogP contribution < -0.4 is 10.1 Å². The Bertz CT molecular complexity index is 582. The molecule has 0 aliphatic carbocycles. The van der Waals surface area contributed by atoms with Gasteiger partial charge in [0.2, 0.25) is 0 Å². The van der Waals surface area contributed by atoms with E-state index in [0.717, 1.165) is 34.9 Å². The number of hydrogen-bond donors (Lipinski definition) is 2. The minimum atomic E-state index is 0.0992. The predicted octanol–water partition coefficient (Wildman–Crippen LogP) is 3.28. The average Bonchev–Trinajstić information content (AvgIpc) is 2.84. The molecule has 1 aromatic carbocycles. The molecule has 20 heavy (non-hydrogen) atoms.